The summed E-state index contributed by atoms with van der Waals surface area (Å²) in [7, 11) is 0. The average molecular weight is 375 g/mol. The first-order valence-electron chi connectivity index (χ1n) is 10.1. The summed E-state index contributed by atoms with van der Waals surface area (Å²) in [5.41, 5.74) is 11.5. The number of amides is 1. The Hall–Kier alpha value is -2.89. The van der Waals surface area contributed by atoms with E-state index in [0.29, 0.717) is 18.0 Å². The van der Waals surface area contributed by atoms with E-state index < -0.39 is 0 Å². The molecule has 5 rings (SSSR count). The molecule has 1 aliphatic heterocycles. The second-order valence-electron chi connectivity index (χ2n) is 8.19. The third-order valence-electron chi connectivity index (χ3n) is 5.83. The highest BCUT2D eigenvalue weighted by atomic mass is 16.2. The average Bonchev–Trinajstić information content (AvgIpc) is 3.45. The van der Waals surface area contributed by atoms with E-state index in [1.807, 2.05) is 33.8 Å². The van der Waals surface area contributed by atoms with E-state index >= 15 is 0 Å². The summed E-state index contributed by atoms with van der Waals surface area (Å²) in [6, 6.07) is 8.03. The lowest BCUT2D eigenvalue weighted by molar-refractivity contribution is 0.0986. The maximum Gasteiger partial charge on any atom is 0.259 e. The van der Waals surface area contributed by atoms with Gasteiger partial charge < -0.3 is 10.6 Å². The Bertz CT molecular complexity index is 1080. The van der Waals surface area contributed by atoms with Crippen LogP contribution in [0.1, 0.15) is 66.7 Å². The zero-order chi connectivity index (χ0) is 19.4. The summed E-state index contributed by atoms with van der Waals surface area (Å²) in [4.78, 5) is 20.4. The first kappa shape index (κ1) is 17.2. The fraction of sp³-hybridized carbons (Fsp3) is 0.409. The lowest BCUT2D eigenvalue weighted by atomic mass is 9.98. The molecule has 2 aromatic heterocycles. The maximum atomic E-state index is 13.7. The number of pyridine rings is 1. The highest BCUT2D eigenvalue weighted by molar-refractivity contribution is 6.14. The van der Waals surface area contributed by atoms with Gasteiger partial charge in [0.1, 0.15) is 0 Å². The quantitative estimate of drug-likeness (QED) is 0.700. The molecule has 1 aromatic carbocycles. The molecular weight excluding hydrogens is 350 g/mol. The zero-order valence-electron chi connectivity index (χ0n) is 16.4. The number of hydrogen-bond acceptors (Lipinski definition) is 4. The number of nitrogen functional groups attached to an aromatic ring is 1. The van der Waals surface area contributed by atoms with Gasteiger partial charge in [-0.05, 0) is 63.3 Å². The molecule has 3 aromatic rings. The van der Waals surface area contributed by atoms with Gasteiger partial charge in [-0.15, -0.1) is 0 Å². The van der Waals surface area contributed by atoms with Crippen LogP contribution in [0.25, 0.3) is 11.0 Å². The number of fused-ring (bicyclic) bond motifs is 2. The fourth-order valence-corrected chi connectivity index (χ4v) is 4.19. The van der Waals surface area contributed by atoms with Crippen LogP contribution >= 0.6 is 0 Å². The van der Waals surface area contributed by atoms with Gasteiger partial charge in [0.25, 0.3) is 5.91 Å². The van der Waals surface area contributed by atoms with Crippen molar-refractivity contribution in [1.29, 1.82) is 0 Å². The minimum Gasteiger partial charge on any atom is -0.398 e. The highest BCUT2D eigenvalue weighted by Crippen LogP contribution is 2.41. The van der Waals surface area contributed by atoms with Crippen molar-refractivity contribution >= 4 is 28.3 Å². The van der Waals surface area contributed by atoms with Crippen molar-refractivity contribution in [2.24, 2.45) is 0 Å². The Morgan fingerprint density at radius 3 is 2.86 bits per heavy atom. The van der Waals surface area contributed by atoms with Gasteiger partial charge in [0.15, 0.2) is 5.65 Å². The first-order chi connectivity index (χ1) is 13.5. The Morgan fingerprint density at radius 1 is 1.29 bits per heavy atom. The Labute approximate surface area is 164 Å². The van der Waals surface area contributed by atoms with Crippen LogP contribution in [0.3, 0.4) is 0 Å². The van der Waals surface area contributed by atoms with E-state index in [1.54, 1.807) is 6.20 Å². The van der Waals surface area contributed by atoms with Crippen molar-refractivity contribution in [1.82, 2.24) is 14.8 Å². The number of hydrogen-bond donors (Lipinski definition) is 1. The van der Waals surface area contributed by atoms with E-state index in [-0.39, 0.29) is 11.9 Å². The number of aromatic nitrogens is 3. The molecule has 6 heteroatoms. The summed E-state index contributed by atoms with van der Waals surface area (Å²) in [5, 5.41) is 5.36. The number of rotatable bonds is 3. The number of benzene rings is 1. The summed E-state index contributed by atoms with van der Waals surface area (Å²) in [6.07, 6.45) is 5.91. The molecule has 0 saturated heterocycles. The summed E-state index contributed by atoms with van der Waals surface area (Å²) >= 11 is 0. The van der Waals surface area contributed by atoms with Gasteiger partial charge in [0.2, 0.25) is 0 Å². The number of anilines is 2. The lowest BCUT2D eigenvalue weighted by Gasteiger charge is -2.30. The zero-order valence-corrected chi connectivity index (χ0v) is 16.4. The van der Waals surface area contributed by atoms with Gasteiger partial charge in [-0.25, -0.2) is 9.67 Å². The molecule has 2 aliphatic rings. The molecule has 6 nitrogen and oxygen atoms in total. The summed E-state index contributed by atoms with van der Waals surface area (Å²) < 4.78 is 1.92. The number of carbonyl (C=O) groups excluding carboxylic acids is 1. The van der Waals surface area contributed by atoms with E-state index in [4.69, 9.17) is 10.7 Å². The highest BCUT2D eigenvalue weighted by Gasteiger charge is 2.31. The second kappa shape index (κ2) is 6.33. The first-order valence-corrected chi connectivity index (χ1v) is 10.1. The van der Waals surface area contributed by atoms with E-state index in [2.05, 4.69) is 18.9 Å². The Balaban J connectivity index is 1.66. The van der Waals surface area contributed by atoms with Crippen molar-refractivity contribution in [2.45, 2.75) is 51.5 Å². The topological polar surface area (TPSA) is 77.0 Å². The van der Waals surface area contributed by atoms with Crippen molar-refractivity contribution in [3.05, 3.63) is 47.3 Å². The summed E-state index contributed by atoms with van der Waals surface area (Å²) in [5.74, 6) is 0.486. The van der Waals surface area contributed by atoms with Gasteiger partial charge in [0, 0.05) is 35.6 Å². The standard InChI is InChI=1S/C22H25N5O/c1-13(2)27-21-17(12-24-27)16(11-19(25-21)14-8-9-14)22(28)26-10-4-5-15-18(23)6-3-7-20(15)26/h3,6-7,11-14H,4-5,8-10,23H2,1-2H3. The van der Waals surface area contributed by atoms with Crippen molar-refractivity contribution in [3.8, 4) is 0 Å². The predicted molar refractivity (Wildman–Crippen MR) is 111 cm³/mol. The normalized spacial score (nSPS) is 16.6. The van der Waals surface area contributed by atoms with Crippen LogP contribution in [-0.4, -0.2) is 27.2 Å². The van der Waals surface area contributed by atoms with E-state index in [1.165, 1.54) is 0 Å². The molecule has 1 saturated carbocycles. The molecule has 0 bridgehead atoms. The summed E-state index contributed by atoms with van der Waals surface area (Å²) in [6.45, 7) is 4.88. The number of nitrogens with zero attached hydrogens (tertiary/aromatic N) is 4. The maximum absolute atomic E-state index is 13.7. The molecule has 0 spiro atoms. The Kier molecular flexibility index (Phi) is 3.89. The van der Waals surface area contributed by atoms with Crippen LogP contribution in [0.4, 0.5) is 11.4 Å². The molecule has 1 fully saturated rings. The molecule has 144 valence electrons. The molecule has 0 radical (unpaired) electrons. The van der Waals surface area contributed by atoms with Gasteiger partial charge >= 0.3 is 0 Å². The molecule has 1 aliphatic carbocycles. The monoisotopic (exact) mass is 375 g/mol. The number of carbonyl (C=O) groups is 1. The smallest absolute Gasteiger partial charge is 0.259 e. The fourth-order valence-electron chi connectivity index (χ4n) is 4.19. The van der Waals surface area contributed by atoms with Crippen LogP contribution in [-0.2, 0) is 6.42 Å². The third kappa shape index (κ3) is 2.66. The van der Waals surface area contributed by atoms with Gasteiger partial charge in [-0.1, -0.05) is 6.07 Å². The molecule has 0 atom stereocenters. The van der Waals surface area contributed by atoms with Crippen LogP contribution in [0.15, 0.2) is 30.5 Å². The van der Waals surface area contributed by atoms with Gasteiger partial charge in [0.05, 0.1) is 17.1 Å². The van der Waals surface area contributed by atoms with Crippen LogP contribution in [0, 0.1) is 0 Å². The van der Waals surface area contributed by atoms with Crippen LogP contribution < -0.4 is 10.6 Å². The van der Waals surface area contributed by atoms with Crippen LogP contribution in [0.5, 0.6) is 0 Å². The van der Waals surface area contributed by atoms with Crippen molar-refractivity contribution < 1.29 is 4.79 Å². The SMILES string of the molecule is CC(C)n1ncc2c(C(=O)N3CCCc4c(N)cccc43)cc(C3CC3)nc21. The lowest BCUT2D eigenvalue weighted by Crippen LogP contribution is -2.36. The van der Waals surface area contributed by atoms with E-state index in [9.17, 15) is 4.79 Å². The van der Waals surface area contributed by atoms with Gasteiger partial charge in [-0.3, -0.25) is 4.79 Å². The van der Waals surface area contributed by atoms with E-state index in [0.717, 1.165) is 59.3 Å². The van der Waals surface area contributed by atoms with Gasteiger partial charge in [-0.2, -0.15) is 5.10 Å². The molecule has 28 heavy (non-hydrogen) atoms. The second-order valence-corrected chi connectivity index (χ2v) is 8.19. The van der Waals surface area contributed by atoms with Crippen LogP contribution in [0.2, 0.25) is 0 Å². The predicted octanol–water partition coefficient (Wildman–Crippen LogP) is 4.06. The minimum absolute atomic E-state index is 0.0177. The molecular formula is C22H25N5O. The molecule has 0 unspecified atom stereocenters. The Morgan fingerprint density at radius 2 is 2.11 bits per heavy atom. The third-order valence-corrected chi connectivity index (χ3v) is 5.83. The minimum atomic E-state index is 0.0177. The largest absolute Gasteiger partial charge is 0.398 e. The number of nitrogens with two attached hydrogens (primary N) is 1. The molecule has 1 amide bonds. The van der Waals surface area contributed by atoms with Crippen molar-refractivity contribution in [3.63, 3.8) is 0 Å². The molecule has 2 N–H and O–H groups in total. The van der Waals surface area contributed by atoms with Crippen molar-refractivity contribution in [2.75, 3.05) is 17.2 Å². The molecule has 3 heterocycles.